The normalized spacial score (nSPS) is 11.7. The molecular formula is C17H22ClN3O2. The Balaban J connectivity index is 0.00000264. The number of nitrogens with one attached hydrogen (secondary N) is 1. The van der Waals surface area contributed by atoms with Crippen LogP contribution in [0.4, 0.5) is 0 Å². The fourth-order valence-electron chi connectivity index (χ4n) is 2.14. The quantitative estimate of drug-likeness (QED) is 0.649. The molecule has 0 aliphatic rings. The van der Waals surface area contributed by atoms with Crippen LogP contribution in [0.1, 0.15) is 47.4 Å². The smallest absolute Gasteiger partial charge is 0.317 e. The van der Waals surface area contributed by atoms with Crippen LogP contribution in [0.5, 0.6) is 0 Å². The Hall–Kier alpha value is -2.11. The number of carbonyl (C=O) groups is 1. The topological polar surface area (TPSA) is 82.1 Å². The number of halogens is 1. The number of hydrogen-bond acceptors (Lipinski definition) is 3. The minimum Gasteiger partial charge on any atom is -0.618 e. The van der Waals surface area contributed by atoms with E-state index in [4.69, 9.17) is 5.73 Å². The molecule has 0 saturated heterocycles. The van der Waals surface area contributed by atoms with Gasteiger partial charge in [-0.2, -0.15) is 4.73 Å². The molecule has 0 radical (unpaired) electrons. The summed E-state index contributed by atoms with van der Waals surface area (Å²) in [7, 11) is 0. The van der Waals surface area contributed by atoms with Crippen molar-refractivity contribution in [3.05, 3.63) is 70.7 Å². The maximum absolute atomic E-state index is 12.0. The van der Waals surface area contributed by atoms with Crippen LogP contribution in [0.15, 0.2) is 48.7 Å². The summed E-state index contributed by atoms with van der Waals surface area (Å²) in [5.74, 6) is 0.0420. The summed E-state index contributed by atoms with van der Waals surface area (Å²) in [5, 5.41) is 14.2. The third kappa shape index (κ3) is 4.94. The number of hydrogen-bond donors (Lipinski definition) is 2. The second-order valence-corrected chi connectivity index (χ2v) is 5.55. The third-order valence-electron chi connectivity index (χ3n) is 3.57. The lowest BCUT2D eigenvalue weighted by Crippen LogP contribution is -2.41. The van der Waals surface area contributed by atoms with Gasteiger partial charge in [-0.3, -0.25) is 4.79 Å². The number of rotatable bonds is 5. The van der Waals surface area contributed by atoms with E-state index in [9.17, 15) is 10.0 Å². The molecule has 0 saturated carbocycles. The summed E-state index contributed by atoms with van der Waals surface area (Å²) in [4.78, 5) is 12.0. The average molecular weight is 336 g/mol. The van der Waals surface area contributed by atoms with Gasteiger partial charge in [0.1, 0.15) is 0 Å². The van der Waals surface area contributed by atoms with Crippen LogP contribution in [0.2, 0.25) is 0 Å². The highest BCUT2D eigenvalue weighted by Crippen LogP contribution is 2.17. The Morgan fingerprint density at radius 2 is 1.78 bits per heavy atom. The van der Waals surface area contributed by atoms with E-state index in [1.54, 1.807) is 12.1 Å². The Morgan fingerprint density at radius 3 is 2.35 bits per heavy atom. The van der Waals surface area contributed by atoms with Crippen molar-refractivity contribution in [3.63, 3.8) is 0 Å². The van der Waals surface area contributed by atoms with Gasteiger partial charge < -0.3 is 16.3 Å². The van der Waals surface area contributed by atoms with Crippen molar-refractivity contribution < 1.29 is 9.52 Å². The number of carbonyl (C=O) groups excluding carboxylic acids is 1. The van der Waals surface area contributed by atoms with Crippen molar-refractivity contribution in [2.24, 2.45) is 5.73 Å². The molecule has 124 valence electrons. The lowest BCUT2D eigenvalue weighted by atomic mass is 9.99. The number of pyridine rings is 1. The molecule has 1 heterocycles. The monoisotopic (exact) mass is 335 g/mol. The molecule has 1 unspecified atom stereocenters. The fourth-order valence-corrected chi connectivity index (χ4v) is 2.14. The minimum absolute atomic E-state index is 0. The largest absolute Gasteiger partial charge is 0.618 e. The molecule has 2 rings (SSSR count). The van der Waals surface area contributed by atoms with Crippen LogP contribution >= 0.6 is 12.4 Å². The number of benzene rings is 1. The zero-order valence-corrected chi connectivity index (χ0v) is 14.0. The molecule has 0 aliphatic heterocycles. The van der Waals surface area contributed by atoms with Crippen molar-refractivity contribution in [1.29, 1.82) is 0 Å². The molecule has 6 heteroatoms. The molecule has 1 amide bonds. The zero-order chi connectivity index (χ0) is 16.1. The van der Waals surface area contributed by atoms with E-state index in [1.165, 1.54) is 17.8 Å². The van der Waals surface area contributed by atoms with Gasteiger partial charge in [-0.25, -0.2) is 0 Å². The maximum Gasteiger partial charge on any atom is 0.317 e. The second-order valence-electron chi connectivity index (χ2n) is 5.55. The van der Waals surface area contributed by atoms with Crippen molar-refractivity contribution >= 4 is 18.3 Å². The predicted molar refractivity (Wildman–Crippen MR) is 92.4 cm³/mol. The van der Waals surface area contributed by atoms with Gasteiger partial charge in [0, 0.05) is 24.7 Å². The van der Waals surface area contributed by atoms with Crippen molar-refractivity contribution in [3.8, 4) is 0 Å². The van der Waals surface area contributed by atoms with Crippen LogP contribution in [0.3, 0.4) is 0 Å². The zero-order valence-electron chi connectivity index (χ0n) is 13.2. The van der Waals surface area contributed by atoms with E-state index in [1.807, 2.05) is 24.3 Å². The molecule has 5 nitrogen and oxygen atoms in total. The van der Waals surface area contributed by atoms with Crippen LogP contribution < -0.4 is 15.8 Å². The molecule has 23 heavy (non-hydrogen) atoms. The van der Waals surface area contributed by atoms with Crippen LogP contribution in [0.25, 0.3) is 0 Å². The first kappa shape index (κ1) is 18.9. The fraction of sp³-hybridized carbons (Fsp3) is 0.294. The summed E-state index contributed by atoms with van der Waals surface area (Å²) in [6.07, 6.45) is 1.29. The lowest BCUT2D eigenvalue weighted by molar-refractivity contribution is -0.607. The van der Waals surface area contributed by atoms with E-state index in [2.05, 4.69) is 19.2 Å². The summed E-state index contributed by atoms with van der Waals surface area (Å²) in [6, 6.07) is 12.4. The summed E-state index contributed by atoms with van der Waals surface area (Å²) < 4.78 is 0.540. The van der Waals surface area contributed by atoms with Crippen LogP contribution in [-0.4, -0.2) is 12.5 Å². The van der Waals surface area contributed by atoms with Gasteiger partial charge >= 0.3 is 5.91 Å². The average Bonchev–Trinajstić information content (AvgIpc) is 2.52. The van der Waals surface area contributed by atoms with E-state index in [0.717, 1.165) is 5.56 Å². The second kappa shape index (κ2) is 8.50. The number of aromatic nitrogens is 1. The molecule has 3 N–H and O–H groups in total. The highest BCUT2D eigenvalue weighted by Gasteiger charge is 2.16. The number of nitrogens with zero attached hydrogens (tertiary/aromatic N) is 1. The molecule has 0 fully saturated rings. The Bertz CT molecular complexity index is 645. The van der Waals surface area contributed by atoms with Gasteiger partial charge in [-0.05, 0) is 23.1 Å². The first-order valence-electron chi connectivity index (χ1n) is 7.31. The first-order chi connectivity index (χ1) is 10.5. The van der Waals surface area contributed by atoms with Gasteiger partial charge in [0.15, 0.2) is 6.20 Å². The summed E-state index contributed by atoms with van der Waals surface area (Å²) in [6.45, 7) is 4.54. The van der Waals surface area contributed by atoms with Crippen LogP contribution in [-0.2, 0) is 0 Å². The Labute approximate surface area is 142 Å². The Morgan fingerprint density at radius 1 is 1.17 bits per heavy atom. The van der Waals surface area contributed by atoms with Gasteiger partial charge in [0.05, 0.1) is 0 Å². The lowest BCUT2D eigenvalue weighted by Gasteiger charge is -2.14. The van der Waals surface area contributed by atoms with E-state index in [-0.39, 0.29) is 30.7 Å². The Kier molecular flexibility index (Phi) is 7.00. The van der Waals surface area contributed by atoms with Gasteiger partial charge in [-0.1, -0.05) is 38.1 Å². The molecule has 0 bridgehead atoms. The standard InChI is InChI=1S/C17H21N3O2.ClH/c1-12(2)13-6-8-14(9-7-13)15(18)11-19-17(21)16-5-3-4-10-20(16)22;/h3-10,12,15H,11,18H2,1-2H3,(H,19,21);1H. The highest BCUT2D eigenvalue weighted by atomic mass is 35.5. The van der Waals surface area contributed by atoms with Crippen molar-refractivity contribution in [2.45, 2.75) is 25.8 Å². The first-order valence-corrected chi connectivity index (χ1v) is 7.31. The van der Waals surface area contributed by atoms with E-state index in [0.29, 0.717) is 10.6 Å². The predicted octanol–water partition coefficient (Wildman–Crippen LogP) is 2.30. The molecular weight excluding hydrogens is 314 g/mol. The SMILES string of the molecule is CC(C)c1ccc(C(N)CNC(=O)c2cccc[n+]2[O-])cc1.Cl. The maximum atomic E-state index is 12.0. The molecule has 2 aromatic rings. The molecule has 0 aliphatic carbocycles. The van der Waals surface area contributed by atoms with Crippen LogP contribution in [0, 0.1) is 5.21 Å². The van der Waals surface area contributed by atoms with Crippen molar-refractivity contribution in [1.82, 2.24) is 5.32 Å². The number of amides is 1. The van der Waals surface area contributed by atoms with E-state index >= 15 is 0 Å². The van der Waals surface area contributed by atoms with Gasteiger partial charge in [0.25, 0.3) is 5.69 Å². The van der Waals surface area contributed by atoms with Gasteiger partial charge in [0.2, 0.25) is 0 Å². The van der Waals surface area contributed by atoms with Gasteiger partial charge in [-0.15, -0.1) is 12.4 Å². The molecule has 1 aromatic heterocycles. The van der Waals surface area contributed by atoms with E-state index < -0.39 is 5.91 Å². The van der Waals surface area contributed by atoms with Crippen molar-refractivity contribution in [2.75, 3.05) is 6.54 Å². The molecule has 1 aromatic carbocycles. The number of nitrogens with two attached hydrogens (primary N) is 1. The minimum atomic E-state index is -0.426. The highest BCUT2D eigenvalue weighted by molar-refractivity contribution is 5.90. The third-order valence-corrected chi connectivity index (χ3v) is 3.57. The summed E-state index contributed by atoms with van der Waals surface area (Å²) >= 11 is 0. The summed E-state index contributed by atoms with van der Waals surface area (Å²) in [5.41, 5.74) is 8.34. The molecule has 1 atom stereocenters. The molecule has 0 spiro atoms.